The maximum absolute atomic E-state index is 14.6. The second-order valence-electron chi connectivity index (χ2n) is 8.86. The number of aryl methyl sites for hydroxylation is 1. The van der Waals surface area contributed by atoms with Crippen LogP contribution in [0.1, 0.15) is 26.5 Å². The molecule has 2 amide bonds. The van der Waals surface area contributed by atoms with Crippen molar-refractivity contribution in [2.24, 2.45) is 7.05 Å². The molecular formula is C23H23ClFN7O3. The molecule has 0 saturated heterocycles. The van der Waals surface area contributed by atoms with Crippen LogP contribution < -0.4 is 21.5 Å². The number of fused-ring (bicyclic) bond motifs is 1. The van der Waals surface area contributed by atoms with E-state index in [1.807, 2.05) is 20.8 Å². The van der Waals surface area contributed by atoms with Crippen LogP contribution in [-0.2, 0) is 12.5 Å². The van der Waals surface area contributed by atoms with E-state index in [4.69, 9.17) is 16.1 Å². The van der Waals surface area contributed by atoms with E-state index in [1.165, 1.54) is 10.6 Å². The minimum atomic E-state index is -0.776. The topological polar surface area (TPSA) is 127 Å². The predicted octanol–water partition coefficient (Wildman–Crippen LogP) is 4.76. The van der Waals surface area contributed by atoms with Gasteiger partial charge in [0.05, 0.1) is 16.4 Å². The van der Waals surface area contributed by atoms with E-state index in [0.717, 1.165) is 6.07 Å². The molecule has 10 nitrogen and oxygen atoms in total. The van der Waals surface area contributed by atoms with Crippen molar-refractivity contribution in [1.29, 1.82) is 0 Å². The number of nitrogens with zero attached hydrogens (tertiary/aromatic N) is 4. The van der Waals surface area contributed by atoms with Gasteiger partial charge in [-0.25, -0.2) is 14.2 Å². The third-order valence-corrected chi connectivity index (χ3v) is 5.60. The average Bonchev–Trinajstić information content (AvgIpc) is 3.27. The molecule has 0 bridgehead atoms. The second kappa shape index (κ2) is 8.99. The molecule has 4 rings (SSSR count). The van der Waals surface area contributed by atoms with Crippen molar-refractivity contribution < 1.29 is 13.7 Å². The van der Waals surface area contributed by atoms with E-state index in [9.17, 15) is 14.0 Å². The summed E-state index contributed by atoms with van der Waals surface area (Å²) >= 11 is 6.29. The molecule has 0 atom stereocenters. The van der Waals surface area contributed by atoms with Crippen LogP contribution in [-0.4, -0.2) is 32.8 Å². The van der Waals surface area contributed by atoms with Gasteiger partial charge in [-0.15, -0.1) is 0 Å². The molecule has 1 aromatic carbocycles. The summed E-state index contributed by atoms with van der Waals surface area (Å²) < 4.78 is 21.1. The zero-order chi connectivity index (χ0) is 25.5. The summed E-state index contributed by atoms with van der Waals surface area (Å²) in [6, 6.07) is 4.73. The summed E-state index contributed by atoms with van der Waals surface area (Å²) in [6.45, 7) is 5.84. The van der Waals surface area contributed by atoms with E-state index < -0.39 is 17.4 Å². The van der Waals surface area contributed by atoms with Crippen molar-refractivity contribution in [3.05, 3.63) is 57.3 Å². The number of halogens is 2. The Morgan fingerprint density at radius 3 is 2.54 bits per heavy atom. The molecule has 0 fully saturated rings. The van der Waals surface area contributed by atoms with Crippen LogP contribution in [0.5, 0.6) is 0 Å². The zero-order valence-electron chi connectivity index (χ0n) is 19.7. The van der Waals surface area contributed by atoms with Gasteiger partial charge in [-0.3, -0.25) is 14.7 Å². The van der Waals surface area contributed by atoms with Crippen LogP contribution in [0.2, 0.25) is 5.02 Å². The van der Waals surface area contributed by atoms with Crippen molar-refractivity contribution >= 4 is 46.2 Å². The summed E-state index contributed by atoms with van der Waals surface area (Å²) in [6.07, 6.45) is 1.56. The molecule has 0 radical (unpaired) electrons. The molecular weight excluding hydrogens is 477 g/mol. The molecule has 0 unspecified atom stereocenters. The Morgan fingerprint density at radius 1 is 1.14 bits per heavy atom. The van der Waals surface area contributed by atoms with Gasteiger partial charge in [-0.1, -0.05) is 37.5 Å². The van der Waals surface area contributed by atoms with Crippen molar-refractivity contribution in [2.45, 2.75) is 26.2 Å². The Hall–Kier alpha value is -3.99. The fourth-order valence-electron chi connectivity index (χ4n) is 3.36. The lowest BCUT2D eigenvalue weighted by Gasteiger charge is -2.13. The van der Waals surface area contributed by atoms with E-state index in [1.54, 1.807) is 32.4 Å². The number of carbonyl (C=O) groups excluding carboxylic acids is 1. The standard InChI is InChI=1S/C23H23ClFN7O3/c1-23(2,3)17-9-18(35-31-17)29-22(34)28-16-7-12(14(24)8-15(16)25)13-6-11-10-27-21(26-4)30-19(11)32(5)20(13)33/h6-10H,1-5H3,(H,26,27,30)(H2,28,29,34). The van der Waals surface area contributed by atoms with Crippen molar-refractivity contribution in [3.63, 3.8) is 0 Å². The predicted molar refractivity (Wildman–Crippen MR) is 133 cm³/mol. The number of hydrogen-bond donors (Lipinski definition) is 3. The van der Waals surface area contributed by atoms with Gasteiger partial charge in [0, 0.05) is 48.3 Å². The number of anilines is 3. The minimum absolute atomic E-state index is 0.00252. The Kier molecular flexibility index (Phi) is 6.20. The first kappa shape index (κ1) is 24.1. The number of aromatic nitrogens is 4. The van der Waals surface area contributed by atoms with Gasteiger partial charge in [-0.2, -0.15) is 4.98 Å². The van der Waals surface area contributed by atoms with Crippen molar-refractivity contribution in [3.8, 4) is 11.1 Å². The van der Waals surface area contributed by atoms with Gasteiger partial charge in [0.25, 0.3) is 5.56 Å². The Morgan fingerprint density at radius 2 is 1.89 bits per heavy atom. The number of hydrogen-bond acceptors (Lipinski definition) is 7. The first-order chi connectivity index (χ1) is 16.5. The number of urea groups is 1. The third-order valence-electron chi connectivity index (χ3n) is 5.28. The molecule has 0 aliphatic rings. The van der Waals surface area contributed by atoms with Crippen LogP contribution in [0.3, 0.4) is 0 Å². The van der Waals surface area contributed by atoms with E-state index in [2.05, 4.69) is 31.1 Å². The normalized spacial score (nSPS) is 11.5. The highest BCUT2D eigenvalue weighted by Crippen LogP contribution is 2.32. The number of amides is 2. The van der Waals surface area contributed by atoms with Crippen LogP contribution in [0.4, 0.5) is 26.7 Å². The fourth-order valence-corrected chi connectivity index (χ4v) is 3.62. The zero-order valence-corrected chi connectivity index (χ0v) is 20.4. The molecule has 12 heteroatoms. The number of pyridine rings is 1. The summed E-state index contributed by atoms with van der Waals surface area (Å²) in [5.41, 5.74) is 0.627. The number of rotatable bonds is 4. The smallest absolute Gasteiger partial charge is 0.326 e. The Labute approximate surface area is 204 Å². The molecule has 3 N–H and O–H groups in total. The molecule has 0 spiro atoms. The minimum Gasteiger partial charge on any atom is -0.357 e. The number of carbonyl (C=O) groups is 1. The first-order valence-electron chi connectivity index (χ1n) is 10.6. The second-order valence-corrected chi connectivity index (χ2v) is 9.27. The monoisotopic (exact) mass is 499 g/mol. The molecule has 0 aliphatic heterocycles. The first-order valence-corrected chi connectivity index (χ1v) is 10.9. The number of benzene rings is 1. The molecule has 3 heterocycles. The molecule has 0 aliphatic carbocycles. The van der Waals surface area contributed by atoms with E-state index in [-0.39, 0.29) is 33.1 Å². The van der Waals surface area contributed by atoms with E-state index in [0.29, 0.717) is 22.7 Å². The van der Waals surface area contributed by atoms with Crippen LogP contribution in [0, 0.1) is 5.82 Å². The maximum Gasteiger partial charge on any atom is 0.326 e. The lowest BCUT2D eigenvalue weighted by molar-refractivity contribution is 0.261. The fraction of sp³-hybridized carbons (Fsp3) is 0.261. The van der Waals surface area contributed by atoms with Gasteiger partial charge < -0.3 is 15.2 Å². The van der Waals surface area contributed by atoms with Crippen molar-refractivity contribution in [2.75, 3.05) is 23.0 Å². The maximum atomic E-state index is 14.6. The highest BCUT2D eigenvalue weighted by atomic mass is 35.5. The van der Waals surface area contributed by atoms with Crippen LogP contribution in [0.15, 0.2) is 39.8 Å². The largest absolute Gasteiger partial charge is 0.357 e. The quantitative estimate of drug-likeness (QED) is 0.369. The average molecular weight is 500 g/mol. The molecule has 0 saturated carbocycles. The van der Waals surface area contributed by atoms with Gasteiger partial charge in [0.1, 0.15) is 11.5 Å². The SMILES string of the molecule is CNc1ncc2cc(-c3cc(NC(=O)Nc4cc(C(C)(C)C)no4)c(F)cc3Cl)c(=O)n(C)c2n1. The molecule has 182 valence electrons. The van der Waals surface area contributed by atoms with Gasteiger partial charge in [0.15, 0.2) is 0 Å². The molecule has 3 aromatic heterocycles. The van der Waals surface area contributed by atoms with Gasteiger partial charge in [0.2, 0.25) is 11.8 Å². The summed E-state index contributed by atoms with van der Waals surface area (Å²) in [5.74, 6) is -0.313. The Balaban J connectivity index is 1.67. The lowest BCUT2D eigenvalue weighted by atomic mass is 9.92. The van der Waals surface area contributed by atoms with Gasteiger partial charge in [-0.05, 0) is 18.2 Å². The lowest BCUT2D eigenvalue weighted by Crippen LogP contribution is -2.21. The van der Waals surface area contributed by atoms with Crippen molar-refractivity contribution in [1.82, 2.24) is 19.7 Å². The third kappa shape index (κ3) is 4.80. The van der Waals surface area contributed by atoms with Crippen LogP contribution >= 0.6 is 11.6 Å². The summed E-state index contributed by atoms with van der Waals surface area (Å²) in [4.78, 5) is 34.1. The summed E-state index contributed by atoms with van der Waals surface area (Å²) in [5, 5.41) is 12.2. The molecule has 4 aromatic rings. The van der Waals surface area contributed by atoms with Crippen LogP contribution in [0.25, 0.3) is 22.2 Å². The summed E-state index contributed by atoms with van der Waals surface area (Å²) in [7, 11) is 3.23. The Bertz CT molecular complexity index is 1510. The van der Waals surface area contributed by atoms with Gasteiger partial charge >= 0.3 is 6.03 Å². The van der Waals surface area contributed by atoms with E-state index >= 15 is 0 Å². The molecule has 35 heavy (non-hydrogen) atoms. The highest BCUT2D eigenvalue weighted by molar-refractivity contribution is 6.33. The highest BCUT2D eigenvalue weighted by Gasteiger charge is 2.21. The number of nitrogens with one attached hydrogen (secondary N) is 3.